The van der Waals surface area contributed by atoms with E-state index in [2.05, 4.69) is 10.4 Å². The number of hydrogen-bond donors (Lipinski definition) is 2. The Labute approximate surface area is 112 Å². The van der Waals surface area contributed by atoms with E-state index in [-0.39, 0.29) is 30.9 Å². The van der Waals surface area contributed by atoms with Gasteiger partial charge in [0.25, 0.3) is 0 Å². The largest absolute Gasteiger partial charge is 0.382 e. The van der Waals surface area contributed by atoms with Gasteiger partial charge in [0.05, 0.1) is 6.54 Å². The first-order valence-corrected chi connectivity index (χ1v) is 6.28. The zero-order valence-corrected chi connectivity index (χ0v) is 11.6. The second kappa shape index (κ2) is 6.77. The van der Waals surface area contributed by atoms with Gasteiger partial charge in [-0.15, -0.1) is 0 Å². The summed E-state index contributed by atoms with van der Waals surface area (Å²) < 4.78 is 1.46. The molecule has 0 saturated heterocycles. The van der Waals surface area contributed by atoms with Crippen molar-refractivity contribution in [3.8, 4) is 0 Å². The number of nitrogens with zero attached hydrogens (tertiary/aromatic N) is 3. The summed E-state index contributed by atoms with van der Waals surface area (Å²) in [5, 5.41) is 6.70. The van der Waals surface area contributed by atoms with Crippen LogP contribution in [0.5, 0.6) is 0 Å². The Hall–Kier alpha value is -2.05. The number of amides is 2. The smallest absolute Gasteiger partial charge is 0.244 e. The maximum atomic E-state index is 12.0. The third-order valence-electron chi connectivity index (χ3n) is 2.48. The van der Waals surface area contributed by atoms with Crippen LogP contribution in [-0.2, 0) is 16.1 Å². The van der Waals surface area contributed by atoms with Crippen LogP contribution in [0, 0.1) is 0 Å². The molecule has 0 spiro atoms. The first-order valence-electron chi connectivity index (χ1n) is 6.28. The molecular weight excluding hydrogens is 246 g/mol. The molecule has 0 aliphatic heterocycles. The molecule has 0 fully saturated rings. The fourth-order valence-corrected chi connectivity index (χ4v) is 1.62. The van der Waals surface area contributed by atoms with Crippen LogP contribution in [0.15, 0.2) is 12.3 Å². The van der Waals surface area contributed by atoms with Crippen molar-refractivity contribution in [2.45, 2.75) is 33.4 Å². The number of nitrogens with one attached hydrogen (secondary N) is 1. The lowest BCUT2D eigenvalue weighted by molar-refractivity contribution is -0.136. The van der Waals surface area contributed by atoms with Crippen LogP contribution in [-0.4, -0.2) is 45.6 Å². The number of aromatic nitrogens is 2. The van der Waals surface area contributed by atoms with Gasteiger partial charge in [0.1, 0.15) is 12.4 Å². The van der Waals surface area contributed by atoms with Gasteiger partial charge in [0.15, 0.2) is 0 Å². The Bertz CT molecular complexity index is 441. The van der Waals surface area contributed by atoms with Crippen molar-refractivity contribution in [2.75, 3.05) is 18.8 Å². The molecule has 1 aromatic rings. The SMILES string of the molecule is CCN(CC(=O)NC(C)C)C(=O)Cn1ccc(N)n1. The van der Waals surface area contributed by atoms with E-state index < -0.39 is 0 Å². The summed E-state index contributed by atoms with van der Waals surface area (Å²) in [7, 11) is 0. The second-order valence-corrected chi connectivity index (χ2v) is 4.57. The van der Waals surface area contributed by atoms with Gasteiger partial charge in [-0.3, -0.25) is 14.3 Å². The summed E-state index contributed by atoms with van der Waals surface area (Å²) in [6, 6.07) is 1.68. The van der Waals surface area contributed by atoms with Crippen LogP contribution in [0.2, 0.25) is 0 Å². The Balaban J connectivity index is 2.54. The average molecular weight is 267 g/mol. The topological polar surface area (TPSA) is 93.2 Å². The van der Waals surface area contributed by atoms with Crippen molar-refractivity contribution in [1.82, 2.24) is 20.0 Å². The quantitative estimate of drug-likeness (QED) is 0.749. The van der Waals surface area contributed by atoms with Crippen LogP contribution < -0.4 is 11.1 Å². The number of nitrogens with two attached hydrogens (primary N) is 1. The van der Waals surface area contributed by atoms with Gasteiger partial charge in [0, 0.05) is 18.8 Å². The van der Waals surface area contributed by atoms with Gasteiger partial charge in [0.2, 0.25) is 11.8 Å². The number of rotatable bonds is 6. The van der Waals surface area contributed by atoms with E-state index in [1.54, 1.807) is 12.3 Å². The van der Waals surface area contributed by atoms with E-state index >= 15 is 0 Å². The highest BCUT2D eigenvalue weighted by Crippen LogP contribution is 1.98. The molecule has 0 bridgehead atoms. The van der Waals surface area contributed by atoms with Crippen LogP contribution in [0.4, 0.5) is 5.82 Å². The van der Waals surface area contributed by atoms with Crippen molar-refractivity contribution < 1.29 is 9.59 Å². The molecule has 0 unspecified atom stereocenters. The van der Waals surface area contributed by atoms with E-state index in [9.17, 15) is 9.59 Å². The normalized spacial score (nSPS) is 10.5. The lowest BCUT2D eigenvalue weighted by Crippen LogP contribution is -2.43. The first-order chi connectivity index (χ1) is 8.92. The second-order valence-electron chi connectivity index (χ2n) is 4.57. The number of carbonyl (C=O) groups is 2. The molecule has 19 heavy (non-hydrogen) atoms. The van der Waals surface area contributed by atoms with Crippen LogP contribution >= 0.6 is 0 Å². The summed E-state index contributed by atoms with van der Waals surface area (Å²) in [5.74, 6) is 0.0445. The monoisotopic (exact) mass is 267 g/mol. The Morgan fingerprint density at radius 1 is 1.53 bits per heavy atom. The number of carbonyl (C=O) groups excluding carboxylic acids is 2. The number of hydrogen-bond acceptors (Lipinski definition) is 4. The molecule has 1 aromatic heterocycles. The van der Waals surface area contributed by atoms with E-state index in [1.165, 1.54) is 9.58 Å². The third-order valence-corrected chi connectivity index (χ3v) is 2.48. The predicted octanol–water partition coefficient (Wildman–Crippen LogP) is -0.162. The summed E-state index contributed by atoms with van der Waals surface area (Å²) in [6.07, 6.45) is 1.63. The minimum atomic E-state index is -0.162. The molecule has 0 aliphatic carbocycles. The molecule has 106 valence electrons. The average Bonchev–Trinajstić information content (AvgIpc) is 2.70. The minimum absolute atomic E-state index is 0.0598. The standard InChI is InChI=1S/C12H21N5O2/c1-4-16(7-11(18)14-9(2)3)12(19)8-17-6-5-10(13)15-17/h5-6,9H,4,7-8H2,1-3H3,(H2,13,15)(H,14,18). The van der Waals surface area contributed by atoms with Crippen molar-refractivity contribution in [2.24, 2.45) is 0 Å². The molecule has 0 atom stereocenters. The highest BCUT2D eigenvalue weighted by Gasteiger charge is 2.16. The molecule has 0 aromatic carbocycles. The van der Waals surface area contributed by atoms with Crippen LogP contribution in [0.25, 0.3) is 0 Å². The molecular formula is C12H21N5O2. The fraction of sp³-hybridized carbons (Fsp3) is 0.583. The minimum Gasteiger partial charge on any atom is -0.382 e. The molecule has 7 heteroatoms. The lowest BCUT2D eigenvalue weighted by Gasteiger charge is -2.21. The predicted molar refractivity (Wildman–Crippen MR) is 72.2 cm³/mol. The van der Waals surface area contributed by atoms with Crippen molar-refractivity contribution in [3.05, 3.63) is 12.3 Å². The summed E-state index contributed by atoms with van der Waals surface area (Å²) in [5.41, 5.74) is 5.48. The maximum absolute atomic E-state index is 12.0. The molecule has 1 heterocycles. The van der Waals surface area contributed by atoms with Crippen molar-refractivity contribution in [1.29, 1.82) is 0 Å². The van der Waals surface area contributed by atoms with Gasteiger partial charge >= 0.3 is 0 Å². The van der Waals surface area contributed by atoms with Gasteiger partial charge in [-0.2, -0.15) is 5.10 Å². The summed E-state index contributed by atoms with van der Waals surface area (Å²) in [6.45, 7) is 6.20. The third kappa shape index (κ3) is 4.99. The molecule has 0 radical (unpaired) electrons. The van der Waals surface area contributed by atoms with Crippen LogP contribution in [0.1, 0.15) is 20.8 Å². The van der Waals surface area contributed by atoms with Gasteiger partial charge in [-0.1, -0.05) is 0 Å². The Kier molecular flexibility index (Phi) is 5.35. The molecule has 0 saturated carbocycles. The van der Waals surface area contributed by atoms with Gasteiger partial charge < -0.3 is 16.0 Å². The summed E-state index contributed by atoms with van der Waals surface area (Å²) >= 11 is 0. The van der Waals surface area contributed by atoms with Gasteiger partial charge in [-0.25, -0.2) is 0 Å². The van der Waals surface area contributed by atoms with E-state index in [4.69, 9.17) is 5.73 Å². The number of nitrogen functional groups attached to an aromatic ring is 1. The molecule has 1 rings (SSSR count). The van der Waals surface area contributed by atoms with Crippen molar-refractivity contribution in [3.63, 3.8) is 0 Å². The zero-order chi connectivity index (χ0) is 14.4. The Morgan fingerprint density at radius 3 is 2.68 bits per heavy atom. The fourth-order valence-electron chi connectivity index (χ4n) is 1.62. The van der Waals surface area contributed by atoms with Gasteiger partial charge in [-0.05, 0) is 26.8 Å². The Morgan fingerprint density at radius 2 is 2.21 bits per heavy atom. The maximum Gasteiger partial charge on any atom is 0.244 e. The van der Waals surface area contributed by atoms with Crippen LogP contribution in [0.3, 0.4) is 0 Å². The van der Waals surface area contributed by atoms with E-state index in [1.807, 2.05) is 20.8 Å². The molecule has 2 amide bonds. The van der Waals surface area contributed by atoms with E-state index in [0.717, 1.165) is 0 Å². The van der Waals surface area contributed by atoms with Crippen molar-refractivity contribution >= 4 is 17.6 Å². The van der Waals surface area contributed by atoms with E-state index in [0.29, 0.717) is 12.4 Å². The molecule has 7 nitrogen and oxygen atoms in total. The highest BCUT2D eigenvalue weighted by atomic mass is 16.2. The summed E-state index contributed by atoms with van der Waals surface area (Å²) in [4.78, 5) is 25.1. The zero-order valence-electron chi connectivity index (χ0n) is 11.6. The number of anilines is 1. The molecule has 3 N–H and O–H groups in total. The molecule has 0 aliphatic rings. The highest BCUT2D eigenvalue weighted by molar-refractivity contribution is 5.84. The lowest BCUT2D eigenvalue weighted by atomic mass is 10.3. The number of likely N-dealkylation sites (N-methyl/N-ethyl adjacent to an activating group) is 1. The first kappa shape index (κ1) is 15.0.